The highest BCUT2D eigenvalue weighted by Crippen LogP contribution is 2.49. The Hall–Kier alpha value is -7.60. The standard InChI is InChI=1S/C48H48N4O8/c1-9-25-49(26-10-2)45(53)57-37-21-17-33-35-19-23-39(59-47(55)51(29-13-5)30-14-6)44-40(60-48(56)52(31-15-7)32-16-8)24-20-36(42(35)44)34-18-22-38(43(37)41(33)34)58-46(54)50(27-11-3)28-12-4/h9-24H,1-8,25-32H2. The quantitative estimate of drug-likeness (QED) is 0.0433. The fourth-order valence-electron chi connectivity index (χ4n) is 6.88. The molecule has 0 bridgehead atoms. The molecule has 0 radical (unpaired) electrons. The molecule has 308 valence electrons. The zero-order valence-corrected chi connectivity index (χ0v) is 33.6. The van der Waals surface area contributed by atoms with Crippen LogP contribution >= 0.6 is 0 Å². The highest BCUT2D eigenvalue weighted by Gasteiger charge is 2.27. The van der Waals surface area contributed by atoms with E-state index in [1.54, 1.807) is 97.1 Å². The summed E-state index contributed by atoms with van der Waals surface area (Å²) in [5.74, 6) is 0.520. The summed E-state index contributed by atoms with van der Waals surface area (Å²) in [4.78, 5) is 60.1. The third-order valence-electron chi connectivity index (χ3n) is 9.37. The average Bonchev–Trinajstić information content (AvgIpc) is 3.23. The van der Waals surface area contributed by atoms with E-state index < -0.39 is 24.4 Å². The van der Waals surface area contributed by atoms with Crippen LogP contribution in [-0.4, -0.2) is 96.3 Å². The first kappa shape index (κ1) is 43.5. The molecule has 0 spiro atoms. The van der Waals surface area contributed by atoms with Crippen LogP contribution in [-0.2, 0) is 0 Å². The fourth-order valence-corrected chi connectivity index (χ4v) is 6.88. The SMILES string of the molecule is C=CCN(CC=C)C(=O)Oc1ccc2c3ccc(OC(=O)N(CC=C)CC=C)c4c(OC(=O)N(CC=C)CC=C)ccc(c5ccc(OC(=O)N(CC=C)CC=C)c1c25)c43. The van der Waals surface area contributed by atoms with E-state index in [-0.39, 0.29) is 75.4 Å². The number of benzene rings is 5. The van der Waals surface area contributed by atoms with Crippen molar-refractivity contribution in [3.63, 3.8) is 0 Å². The molecule has 0 unspecified atom stereocenters. The van der Waals surface area contributed by atoms with E-state index in [1.807, 2.05) is 0 Å². The van der Waals surface area contributed by atoms with Crippen molar-refractivity contribution in [1.82, 2.24) is 19.6 Å². The van der Waals surface area contributed by atoms with Gasteiger partial charge < -0.3 is 38.5 Å². The second-order valence-corrected chi connectivity index (χ2v) is 13.3. The Kier molecular flexibility index (Phi) is 14.7. The summed E-state index contributed by atoms with van der Waals surface area (Å²) in [6.45, 7) is 31.6. The number of hydrogen-bond acceptors (Lipinski definition) is 8. The largest absolute Gasteiger partial charge is 0.415 e. The maximum Gasteiger partial charge on any atom is 0.415 e. The molecular formula is C48H48N4O8. The molecule has 0 N–H and O–H groups in total. The summed E-state index contributed by atoms with van der Waals surface area (Å²) < 4.78 is 24.3. The lowest BCUT2D eigenvalue weighted by Gasteiger charge is -2.24. The van der Waals surface area contributed by atoms with Crippen LogP contribution in [0.15, 0.2) is 150 Å². The molecule has 0 fully saturated rings. The minimum atomic E-state index is -0.673. The van der Waals surface area contributed by atoms with Crippen molar-refractivity contribution in [3.8, 4) is 23.0 Å². The molecule has 12 nitrogen and oxygen atoms in total. The Morgan fingerprint density at radius 1 is 0.333 bits per heavy atom. The zero-order chi connectivity index (χ0) is 43.3. The zero-order valence-electron chi connectivity index (χ0n) is 33.6. The lowest BCUT2D eigenvalue weighted by Crippen LogP contribution is -2.34. The first-order valence-electron chi connectivity index (χ1n) is 19.0. The summed E-state index contributed by atoms with van der Waals surface area (Å²) in [5, 5.41) is 4.58. The molecule has 4 amide bonds. The topological polar surface area (TPSA) is 118 Å². The molecule has 0 saturated heterocycles. The van der Waals surface area contributed by atoms with E-state index in [1.165, 1.54) is 19.6 Å². The molecule has 0 atom stereocenters. The maximum atomic E-state index is 13.6. The highest BCUT2D eigenvalue weighted by atomic mass is 16.6. The molecule has 5 aromatic rings. The van der Waals surface area contributed by atoms with Gasteiger partial charge in [0, 0.05) is 63.1 Å². The Bertz CT molecular complexity index is 2150. The molecule has 0 heterocycles. The van der Waals surface area contributed by atoms with Crippen LogP contribution in [0.4, 0.5) is 19.2 Å². The Morgan fingerprint density at radius 2 is 0.517 bits per heavy atom. The molecule has 5 aromatic carbocycles. The Morgan fingerprint density at radius 3 is 0.683 bits per heavy atom. The highest BCUT2D eigenvalue weighted by molar-refractivity contribution is 6.35. The van der Waals surface area contributed by atoms with Crippen LogP contribution < -0.4 is 18.9 Å². The number of carbonyl (C=O) groups excluding carboxylic acids is 4. The minimum absolute atomic E-state index is 0.130. The summed E-state index contributed by atoms with van der Waals surface area (Å²) >= 11 is 0. The van der Waals surface area contributed by atoms with E-state index in [2.05, 4.69) is 52.6 Å². The predicted octanol–water partition coefficient (Wildman–Crippen LogP) is 10.4. The summed E-state index contributed by atoms with van der Waals surface area (Å²) in [7, 11) is 0. The second kappa shape index (κ2) is 20.2. The molecule has 60 heavy (non-hydrogen) atoms. The number of carbonyl (C=O) groups is 4. The number of hydrogen-bond donors (Lipinski definition) is 0. The van der Waals surface area contributed by atoms with Gasteiger partial charge in [0.05, 0.1) is 10.8 Å². The third-order valence-corrected chi connectivity index (χ3v) is 9.37. The molecule has 0 aromatic heterocycles. The maximum absolute atomic E-state index is 13.6. The number of ether oxygens (including phenoxy) is 4. The van der Waals surface area contributed by atoms with Gasteiger partial charge in [-0.15, -0.1) is 52.6 Å². The van der Waals surface area contributed by atoms with Crippen molar-refractivity contribution in [2.24, 2.45) is 0 Å². The van der Waals surface area contributed by atoms with Gasteiger partial charge in [-0.2, -0.15) is 0 Å². The Labute approximate surface area is 349 Å². The molecule has 0 aliphatic rings. The van der Waals surface area contributed by atoms with Gasteiger partial charge in [0.1, 0.15) is 23.0 Å². The molecule has 0 aliphatic heterocycles. The number of fused-ring (bicyclic) bond motifs is 2. The summed E-state index contributed by atoms with van der Waals surface area (Å²) in [6.07, 6.45) is 9.90. The van der Waals surface area contributed by atoms with Gasteiger partial charge in [-0.25, -0.2) is 19.2 Å². The van der Waals surface area contributed by atoms with Crippen molar-refractivity contribution < 1.29 is 38.1 Å². The van der Waals surface area contributed by atoms with Crippen LogP contribution in [0.2, 0.25) is 0 Å². The van der Waals surface area contributed by atoms with Gasteiger partial charge in [0.25, 0.3) is 0 Å². The smallest absolute Gasteiger partial charge is 0.409 e. The number of rotatable bonds is 20. The van der Waals surface area contributed by atoms with E-state index in [9.17, 15) is 19.2 Å². The minimum Gasteiger partial charge on any atom is -0.409 e. The molecule has 5 rings (SSSR count). The van der Waals surface area contributed by atoms with Crippen molar-refractivity contribution in [3.05, 3.63) is 150 Å². The number of nitrogens with zero attached hydrogens (tertiary/aromatic N) is 4. The molecule has 0 saturated carbocycles. The van der Waals surface area contributed by atoms with Gasteiger partial charge in [-0.3, -0.25) is 0 Å². The second-order valence-electron chi connectivity index (χ2n) is 13.3. The monoisotopic (exact) mass is 808 g/mol. The molecular weight excluding hydrogens is 761 g/mol. The fraction of sp³-hybridized carbons (Fsp3) is 0.167. The average molecular weight is 809 g/mol. The summed E-state index contributed by atoms with van der Waals surface area (Å²) in [6, 6.07) is 13.7. The van der Waals surface area contributed by atoms with Crippen LogP contribution in [0.1, 0.15) is 0 Å². The summed E-state index contributed by atoms with van der Waals surface area (Å²) in [5.41, 5.74) is 0. The van der Waals surface area contributed by atoms with Crippen LogP contribution in [0.3, 0.4) is 0 Å². The number of amides is 4. The van der Waals surface area contributed by atoms with E-state index in [0.29, 0.717) is 43.1 Å². The normalized spacial score (nSPS) is 10.7. The van der Waals surface area contributed by atoms with Crippen molar-refractivity contribution in [2.45, 2.75) is 0 Å². The van der Waals surface area contributed by atoms with Crippen LogP contribution in [0, 0.1) is 0 Å². The van der Waals surface area contributed by atoms with E-state index in [4.69, 9.17) is 18.9 Å². The van der Waals surface area contributed by atoms with Gasteiger partial charge in [-0.1, -0.05) is 48.6 Å². The van der Waals surface area contributed by atoms with Crippen molar-refractivity contribution >= 4 is 67.5 Å². The Balaban J connectivity index is 1.84. The van der Waals surface area contributed by atoms with Gasteiger partial charge >= 0.3 is 24.4 Å². The third kappa shape index (κ3) is 9.08. The van der Waals surface area contributed by atoms with Gasteiger partial charge in [-0.05, 0) is 70.1 Å². The first-order chi connectivity index (χ1) is 29.1. The first-order valence-corrected chi connectivity index (χ1v) is 19.0. The van der Waals surface area contributed by atoms with Crippen molar-refractivity contribution in [2.75, 3.05) is 52.4 Å². The van der Waals surface area contributed by atoms with Gasteiger partial charge in [0.15, 0.2) is 0 Å². The lowest BCUT2D eigenvalue weighted by molar-refractivity contribution is 0.160. The van der Waals surface area contributed by atoms with Gasteiger partial charge in [0.2, 0.25) is 0 Å². The molecule has 0 aliphatic carbocycles. The van der Waals surface area contributed by atoms with Crippen LogP contribution in [0.25, 0.3) is 43.1 Å². The van der Waals surface area contributed by atoms with E-state index in [0.717, 1.165) is 0 Å². The van der Waals surface area contributed by atoms with Crippen LogP contribution in [0.5, 0.6) is 23.0 Å². The van der Waals surface area contributed by atoms with Crippen molar-refractivity contribution in [1.29, 1.82) is 0 Å². The lowest BCUT2D eigenvalue weighted by atomic mass is 9.88. The van der Waals surface area contributed by atoms with E-state index >= 15 is 0 Å². The molecule has 12 heteroatoms. The predicted molar refractivity (Wildman–Crippen MR) is 240 cm³/mol.